The van der Waals surface area contributed by atoms with Crippen molar-refractivity contribution in [3.8, 4) is 11.5 Å². The molecule has 2 aromatic carbocycles. The Bertz CT molecular complexity index is 1050. The summed E-state index contributed by atoms with van der Waals surface area (Å²) < 4.78 is 57.2. The van der Waals surface area contributed by atoms with Crippen molar-refractivity contribution in [1.82, 2.24) is 15.5 Å². The normalized spacial score (nSPS) is 14.4. The van der Waals surface area contributed by atoms with E-state index in [1.165, 1.54) is 17.0 Å². The number of rotatable bonds is 5. The molecule has 0 unspecified atom stereocenters. The van der Waals surface area contributed by atoms with Crippen LogP contribution in [0.5, 0.6) is 0 Å². The molecule has 0 aliphatic carbocycles. The molecule has 1 aliphatic rings. The van der Waals surface area contributed by atoms with Gasteiger partial charge in [0.1, 0.15) is 5.82 Å². The maximum absolute atomic E-state index is 14.8. The summed E-state index contributed by atoms with van der Waals surface area (Å²) in [5, 5.41) is 9.30. The number of alkyl halides is 3. The van der Waals surface area contributed by atoms with Crippen LogP contribution in [0.2, 0.25) is 0 Å². The highest BCUT2D eigenvalue weighted by Gasteiger charge is 2.38. The standard InChI is InChI=1S/C20H16F4N4O2/c21-16-8-12(17-26-27-19(30-17)20(22,23)24)6-7-13(16)11-28(15-4-2-1-3-5-15)18(29)14-9-25-10-14/h1-8,14,25H,9-11H2. The van der Waals surface area contributed by atoms with Gasteiger partial charge in [0.15, 0.2) is 0 Å². The minimum atomic E-state index is -4.78. The topological polar surface area (TPSA) is 71.3 Å². The first-order chi connectivity index (χ1) is 14.3. The van der Waals surface area contributed by atoms with Crippen molar-refractivity contribution in [2.24, 2.45) is 5.92 Å². The van der Waals surface area contributed by atoms with Crippen LogP contribution < -0.4 is 10.2 Å². The molecule has 1 aromatic heterocycles. The smallest absolute Gasteiger partial charge is 0.413 e. The predicted octanol–water partition coefficient (Wildman–Crippen LogP) is 3.65. The molecule has 10 heteroatoms. The molecule has 3 aromatic rings. The van der Waals surface area contributed by atoms with Crippen LogP contribution in [-0.2, 0) is 17.5 Å². The minimum Gasteiger partial charge on any atom is -0.413 e. The zero-order valence-electron chi connectivity index (χ0n) is 15.5. The molecule has 1 saturated heterocycles. The number of hydrogen-bond donors (Lipinski definition) is 1. The van der Waals surface area contributed by atoms with Gasteiger partial charge in [-0.1, -0.05) is 24.3 Å². The Morgan fingerprint density at radius 1 is 1.13 bits per heavy atom. The number of hydrogen-bond acceptors (Lipinski definition) is 5. The molecule has 30 heavy (non-hydrogen) atoms. The number of aromatic nitrogens is 2. The Balaban J connectivity index is 1.59. The van der Waals surface area contributed by atoms with Crippen LogP contribution in [-0.4, -0.2) is 29.2 Å². The molecule has 1 amide bonds. The van der Waals surface area contributed by atoms with Crippen LogP contribution >= 0.6 is 0 Å². The number of carbonyl (C=O) groups is 1. The Morgan fingerprint density at radius 2 is 1.87 bits per heavy atom. The highest BCUT2D eigenvalue weighted by atomic mass is 19.4. The molecule has 6 nitrogen and oxygen atoms in total. The molecule has 0 atom stereocenters. The third kappa shape index (κ3) is 4.04. The first-order valence-electron chi connectivity index (χ1n) is 9.09. The van der Waals surface area contributed by atoms with E-state index in [1.54, 1.807) is 24.3 Å². The van der Waals surface area contributed by atoms with Gasteiger partial charge in [-0.05, 0) is 24.3 Å². The monoisotopic (exact) mass is 420 g/mol. The summed E-state index contributed by atoms with van der Waals surface area (Å²) in [5.41, 5.74) is 0.850. The first-order valence-corrected chi connectivity index (χ1v) is 9.09. The lowest BCUT2D eigenvalue weighted by Gasteiger charge is -2.32. The maximum Gasteiger partial charge on any atom is 0.470 e. The average molecular weight is 420 g/mol. The summed E-state index contributed by atoms with van der Waals surface area (Å²) in [6, 6.07) is 12.7. The Hall–Kier alpha value is -3.27. The van der Waals surface area contributed by atoms with Gasteiger partial charge in [0.25, 0.3) is 0 Å². The molecule has 1 fully saturated rings. The predicted molar refractivity (Wildman–Crippen MR) is 98.7 cm³/mol. The molecule has 1 aliphatic heterocycles. The molecule has 0 saturated carbocycles. The van der Waals surface area contributed by atoms with Crippen molar-refractivity contribution >= 4 is 11.6 Å². The molecule has 0 radical (unpaired) electrons. The van der Waals surface area contributed by atoms with Crippen LogP contribution in [0.1, 0.15) is 11.5 Å². The van der Waals surface area contributed by atoms with Gasteiger partial charge >= 0.3 is 12.1 Å². The number of benzene rings is 2. The summed E-state index contributed by atoms with van der Waals surface area (Å²) in [5.74, 6) is -2.96. The fourth-order valence-electron chi connectivity index (χ4n) is 3.02. The summed E-state index contributed by atoms with van der Waals surface area (Å²) in [4.78, 5) is 14.3. The van der Waals surface area contributed by atoms with Gasteiger partial charge in [0.2, 0.25) is 11.8 Å². The SMILES string of the molecule is O=C(C1CNC1)N(Cc1ccc(-c2nnc(C(F)(F)F)o2)cc1F)c1ccccc1. The minimum absolute atomic E-state index is 0.0139. The Morgan fingerprint density at radius 3 is 2.43 bits per heavy atom. The molecule has 0 spiro atoms. The lowest BCUT2D eigenvalue weighted by atomic mass is 10.0. The number of anilines is 1. The highest BCUT2D eigenvalue weighted by Crippen LogP contribution is 2.31. The second-order valence-electron chi connectivity index (χ2n) is 6.83. The summed E-state index contributed by atoms with van der Waals surface area (Å²) in [7, 11) is 0. The first kappa shape index (κ1) is 20.0. The van der Waals surface area contributed by atoms with E-state index in [0.717, 1.165) is 6.07 Å². The average Bonchev–Trinajstić information content (AvgIpc) is 3.17. The molecule has 1 N–H and O–H groups in total. The number of para-hydroxylation sites is 1. The number of nitrogens with one attached hydrogen (secondary N) is 1. The van der Waals surface area contributed by atoms with Crippen molar-refractivity contribution in [3.05, 3.63) is 65.8 Å². The fraction of sp³-hybridized carbons (Fsp3) is 0.250. The van der Waals surface area contributed by atoms with Crippen molar-refractivity contribution in [2.45, 2.75) is 12.7 Å². The lowest BCUT2D eigenvalue weighted by molar-refractivity contribution is -0.157. The van der Waals surface area contributed by atoms with E-state index in [0.29, 0.717) is 18.8 Å². The van der Waals surface area contributed by atoms with Crippen LogP contribution in [0.15, 0.2) is 52.9 Å². The Labute approximate surface area is 168 Å². The number of nitrogens with zero attached hydrogens (tertiary/aromatic N) is 3. The maximum atomic E-state index is 14.8. The number of halogens is 4. The van der Waals surface area contributed by atoms with Crippen molar-refractivity contribution in [3.63, 3.8) is 0 Å². The number of carbonyl (C=O) groups excluding carboxylic acids is 1. The van der Waals surface area contributed by atoms with Gasteiger partial charge in [0, 0.05) is 29.9 Å². The summed E-state index contributed by atoms with van der Waals surface area (Å²) >= 11 is 0. The third-order valence-electron chi connectivity index (χ3n) is 4.76. The molecule has 4 rings (SSSR count). The van der Waals surface area contributed by atoms with Crippen LogP contribution in [0, 0.1) is 11.7 Å². The van der Waals surface area contributed by atoms with E-state index in [2.05, 4.69) is 19.9 Å². The fourth-order valence-corrected chi connectivity index (χ4v) is 3.02. The van der Waals surface area contributed by atoms with Crippen molar-refractivity contribution in [2.75, 3.05) is 18.0 Å². The molecular formula is C20H16F4N4O2. The van der Waals surface area contributed by atoms with E-state index in [4.69, 9.17) is 0 Å². The van der Waals surface area contributed by atoms with Crippen LogP contribution in [0.25, 0.3) is 11.5 Å². The largest absolute Gasteiger partial charge is 0.470 e. The second-order valence-corrected chi connectivity index (χ2v) is 6.83. The van der Waals surface area contributed by atoms with Gasteiger partial charge in [-0.2, -0.15) is 13.2 Å². The van der Waals surface area contributed by atoms with E-state index in [1.807, 2.05) is 6.07 Å². The molecule has 2 heterocycles. The van der Waals surface area contributed by atoms with Gasteiger partial charge < -0.3 is 14.6 Å². The third-order valence-corrected chi connectivity index (χ3v) is 4.76. The highest BCUT2D eigenvalue weighted by molar-refractivity contribution is 5.95. The second kappa shape index (κ2) is 7.86. The summed E-state index contributed by atoms with van der Waals surface area (Å²) in [6.45, 7) is 1.09. The van der Waals surface area contributed by atoms with Crippen molar-refractivity contribution < 1.29 is 26.8 Å². The van der Waals surface area contributed by atoms with E-state index in [9.17, 15) is 22.4 Å². The van der Waals surface area contributed by atoms with Gasteiger partial charge in [-0.3, -0.25) is 4.79 Å². The summed E-state index contributed by atoms with van der Waals surface area (Å²) in [6.07, 6.45) is -4.78. The van der Waals surface area contributed by atoms with Gasteiger partial charge in [-0.15, -0.1) is 10.2 Å². The van der Waals surface area contributed by atoms with E-state index in [-0.39, 0.29) is 29.5 Å². The van der Waals surface area contributed by atoms with Crippen LogP contribution in [0.4, 0.5) is 23.2 Å². The molecule has 0 bridgehead atoms. The Kier molecular flexibility index (Phi) is 5.25. The zero-order chi connectivity index (χ0) is 21.3. The quantitative estimate of drug-likeness (QED) is 0.638. The molecular weight excluding hydrogens is 404 g/mol. The van der Waals surface area contributed by atoms with Gasteiger partial charge in [-0.25, -0.2) is 4.39 Å². The zero-order valence-corrected chi connectivity index (χ0v) is 15.5. The number of amides is 1. The van der Waals surface area contributed by atoms with Crippen molar-refractivity contribution in [1.29, 1.82) is 0 Å². The lowest BCUT2D eigenvalue weighted by Crippen LogP contribution is -2.52. The van der Waals surface area contributed by atoms with Gasteiger partial charge in [0.05, 0.1) is 12.5 Å². The van der Waals surface area contributed by atoms with E-state index >= 15 is 0 Å². The van der Waals surface area contributed by atoms with E-state index < -0.39 is 23.8 Å². The van der Waals surface area contributed by atoms with Crippen LogP contribution in [0.3, 0.4) is 0 Å². The molecule has 156 valence electrons.